The Hall–Kier alpha value is -1.41. The fraction of sp³-hybridized carbons (Fsp3) is 0.588. The molecule has 0 aromatic heterocycles. The molecule has 1 aliphatic rings. The maximum atomic E-state index is 11.8. The van der Waals surface area contributed by atoms with Crippen molar-refractivity contribution in [3.05, 3.63) is 24.3 Å². The van der Waals surface area contributed by atoms with Crippen LogP contribution in [0.15, 0.2) is 24.3 Å². The Kier molecular flexibility index (Phi) is 10.4. The standard InChI is InChI=1S/C17H24O6S2/c1-12(2)17(20)22-7-6-21-15(18)4-5-16(19)23-14-10-24-8-13(3)9-25-11-14/h14H,1,3-11H2,2H3. The summed E-state index contributed by atoms with van der Waals surface area (Å²) in [6.07, 6.45) is -0.229. The highest BCUT2D eigenvalue weighted by Gasteiger charge is 2.18. The highest BCUT2D eigenvalue weighted by Crippen LogP contribution is 2.21. The first-order valence-corrected chi connectivity index (χ1v) is 10.2. The van der Waals surface area contributed by atoms with Gasteiger partial charge in [0, 0.05) is 28.6 Å². The summed E-state index contributed by atoms with van der Waals surface area (Å²) in [4.78, 5) is 34.5. The molecule has 0 aliphatic carbocycles. The largest absolute Gasteiger partial charge is 0.462 e. The number of thioether (sulfide) groups is 2. The summed E-state index contributed by atoms with van der Waals surface area (Å²) in [7, 11) is 0. The summed E-state index contributed by atoms with van der Waals surface area (Å²) < 4.78 is 15.1. The molecule has 1 rings (SSSR count). The van der Waals surface area contributed by atoms with Gasteiger partial charge >= 0.3 is 17.9 Å². The minimum atomic E-state index is -0.529. The van der Waals surface area contributed by atoms with Crippen molar-refractivity contribution < 1.29 is 28.6 Å². The van der Waals surface area contributed by atoms with E-state index in [9.17, 15) is 14.4 Å². The second-order valence-corrected chi connectivity index (χ2v) is 7.59. The molecule has 0 N–H and O–H groups in total. The van der Waals surface area contributed by atoms with Gasteiger partial charge in [0.1, 0.15) is 19.3 Å². The molecule has 25 heavy (non-hydrogen) atoms. The third-order valence-corrected chi connectivity index (χ3v) is 5.42. The van der Waals surface area contributed by atoms with Crippen molar-refractivity contribution in [2.75, 3.05) is 36.2 Å². The Balaban J connectivity index is 2.14. The van der Waals surface area contributed by atoms with Gasteiger partial charge in [-0.05, 0) is 6.92 Å². The average Bonchev–Trinajstić information content (AvgIpc) is 2.54. The van der Waals surface area contributed by atoms with Crippen molar-refractivity contribution in [1.82, 2.24) is 0 Å². The molecule has 0 bridgehead atoms. The molecule has 0 aromatic rings. The monoisotopic (exact) mass is 388 g/mol. The van der Waals surface area contributed by atoms with Crippen LogP contribution in [0.5, 0.6) is 0 Å². The lowest BCUT2D eigenvalue weighted by atomic mass is 10.3. The number of ether oxygens (including phenoxy) is 3. The Bertz CT molecular complexity index is 505. The Morgan fingerprint density at radius 3 is 2.20 bits per heavy atom. The van der Waals surface area contributed by atoms with E-state index >= 15 is 0 Å². The van der Waals surface area contributed by atoms with Gasteiger partial charge in [0.25, 0.3) is 0 Å². The molecule has 0 radical (unpaired) electrons. The van der Waals surface area contributed by atoms with Gasteiger partial charge in [-0.25, -0.2) is 4.79 Å². The first kappa shape index (κ1) is 21.6. The van der Waals surface area contributed by atoms with Gasteiger partial charge in [-0.3, -0.25) is 9.59 Å². The lowest BCUT2D eigenvalue weighted by Crippen LogP contribution is -2.25. The van der Waals surface area contributed by atoms with E-state index < -0.39 is 17.9 Å². The Labute approximate surface area is 156 Å². The minimum Gasteiger partial charge on any atom is -0.462 e. The maximum absolute atomic E-state index is 11.8. The average molecular weight is 389 g/mol. The van der Waals surface area contributed by atoms with Crippen molar-refractivity contribution in [2.45, 2.75) is 25.9 Å². The number of carbonyl (C=O) groups excluding carboxylic acids is 3. The maximum Gasteiger partial charge on any atom is 0.333 e. The van der Waals surface area contributed by atoms with Gasteiger partial charge in [-0.15, -0.1) is 0 Å². The summed E-state index contributed by atoms with van der Waals surface area (Å²) >= 11 is 3.40. The van der Waals surface area contributed by atoms with E-state index in [4.69, 9.17) is 14.2 Å². The van der Waals surface area contributed by atoms with Crippen molar-refractivity contribution in [3.63, 3.8) is 0 Å². The van der Waals surface area contributed by atoms with Crippen molar-refractivity contribution >= 4 is 41.4 Å². The van der Waals surface area contributed by atoms with Gasteiger partial charge in [0.05, 0.1) is 12.8 Å². The normalized spacial score (nSPS) is 15.6. The fourth-order valence-corrected chi connectivity index (χ4v) is 3.95. The van der Waals surface area contributed by atoms with E-state index in [0.717, 1.165) is 23.0 Å². The number of hydrogen-bond acceptors (Lipinski definition) is 8. The second kappa shape index (κ2) is 12.0. The van der Waals surface area contributed by atoms with Crippen LogP contribution < -0.4 is 0 Å². The van der Waals surface area contributed by atoms with Crippen LogP contribution in [0.1, 0.15) is 19.8 Å². The molecule has 1 heterocycles. The van der Waals surface area contributed by atoms with E-state index in [-0.39, 0.29) is 37.7 Å². The number of carbonyl (C=O) groups is 3. The first-order valence-electron chi connectivity index (χ1n) is 7.88. The molecule has 1 fully saturated rings. The predicted molar refractivity (Wildman–Crippen MR) is 99.6 cm³/mol. The van der Waals surface area contributed by atoms with Crippen LogP contribution in [-0.2, 0) is 28.6 Å². The predicted octanol–water partition coefficient (Wildman–Crippen LogP) is 2.38. The van der Waals surface area contributed by atoms with Crippen LogP contribution in [0, 0.1) is 0 Å². The summed E-state index contributed by atoms with van der Waals surface area (Å²) in [6, 6.07) is 0. The molecule has 1 saturated heterocycles. The quantitative estimate of drug-likeness (QED) is 0.206. The summed E-state index contributed by atoms with van der Waals surface area (Å²) in [5, 5.41) is 0. The van der Waals surface area contributed by atoms with Gasteiger partial charge in [-0.1, -0.05) is 18.7 Å². The summed E-state index contributed by atoms with van der Waals surface area (Å²) in [5.41, 5.74) is 1.47. The summed E-state index contributed by atoms with van der Waals surface area (Å²) in [5.74, 6) is 1.76. The molecule has 0 saturated carbocycles. The molecule has 0 atom stereocenters. The van der Waals surface area contributed by atoms with Crippen molar-refractivity contribution in [1.29, 1.82) is 0 Å². The van der Waals surface area contributed by atoms with Crippen LogP contribution in [0.2, 0.25) is 0 Å². The Morgan fingerprint density at radius 2 is 1.60 bits per heavy atom. The number of rotatable bonds is 8. The number of esters is 3. The fourth-order valence-electron chi connectivity index (χ4n) is 1.76. The zero-order valence-corrected chi connectivity index (χ0v) is 16.0. The van der Waals surface area contributed by atoms with Gasteiger partial charge in [0.15, 0.2) is 0 Å². The molecule has 0 unspecified atom stereocenters. The van der Waals surface area contributed by atoms with E-state index in [0.29, 0.717) is 0 Å². The topological polar surface area (TPSA) is 78.9 Å². The zero-order valence-electron chi connectivity index (χ0n) is 14.4. The summed E-state index contributed by atoms with van der Waals surface area (Å²) in [6.45, 7) is 8.85. The van der Waals surface area contributed by atoms with Gasteiger partial charge < -0.3 is 14.2 Å². The molecule has 6 nitrogen and oxygen atoms in total. The number of hydrogen-bond donors (Lipinski definition) is 0. The van der Waals surface area contributed by atoms with E-state index in [1.807, 2.05) is 0 Å². The third kappa shape index (κ3) is 10.2. The van der Waals surface area contributed by atoms with Crippen LogP contribution >= 0.6 is 23.5 Å². The third-order valence-electron chi connectivity index (χ3n) is 2.98. The van der Waals surface area contributed by atoms with Crippen LogP contribution in [0.4, 0.5) is 0 Å². The van der Waals surface area contributed by atoms with Crippen LogP contribution in [0.25, 0.3) is 0 Å². The van der Waals surface area contributed by atoms with Crippen LogP contribution in [-0.4, -0.2) is 60.2 Å². The SMILES string of the molecule is C=C1CSCC(OC(=O)CCC(=O)OCCOC(=O)C(=C)C)CSC1. The molecule has 140 valence electrons. The lowest BCUT2D eigenvalue weighted by molar-refractivity contribution is -0.154. The molecule has 0 aromatic carbocycles. The second-order valence-electron chi connectivity index (χ2n) is 5.53. The molecular formula is C17H24O6S2. The van der Waals surface area contributed by atoms with Crippen molar-refractivity contribution in [2.24, 2.45) is 0 Å². The van der Waals surface area contributed by atoms with Gasteiger partial charge in [0.2, 0.25) is 0 Å². The van der Waals surface area contributed by atoms with Gasteiger partial charge in [-0.2, -0.15) is 23.5 Å². The van der Waals surface area contributed by atoms with Crippen LogP contribution in [0.3, 0.4) is 0 Å². The minimum absolute atomic E-state index is 0.0249. The molecular weight excluding hydrogens is 364 g/mol. The lowest BCUT2D eigenvalue weighted by Gasteiger charge is -2.20. The molecule has 1 aliphatic heterocycles. The smallest absolute Gasteiger partial charge is 0.333 e. The van der Waals surface area contributed by atoms with E-state index in [2.05, 4.69) is 13.2 Å². The van der Waals surface area contributed by atoms with Crippen molar-refractivity contribution in [3.8, 4) is 0 Å². The molecule has 0 amide bonds. The molecule has 8 heteroatoms. The van der Waals surface area contributed by atoms with E-state index in [1.54, 1.807) is 23.5 Å². The highest BCUT2D eigenvalue weighted by atomic mass is 32.2. The highest BCUT2D eigenvalue weighted by molar-refractivity contribution is 8.01. The first-order chi connectivity index (χ1) is 11.9. The zero-order chi connectivity index (χ0) is 18.7. The Morgan fingerprint density at radius 1 is 1.04 bits per heavy atom. The van der Waals surface area contributed by atoms with E-state index in [1.165, 1.54) is 12.5 Å². The molecule has 0 spiro atoms.